The van der Waals surface area contributed by atoms with Crippen molar-refractivity contribution in [3.05, 3.63) is 71.3 Å². The number of aliphatic hydroxyl groups is 1. The van der Waals surface area contributed by atoms with E-state index in [4.69, 9.17) is 0 Å². The predicted octanol–water partition coefficient (Wildman–Crippen LogP) is 4.34. The van der Waals surface area contributed by atoms with Gasteiger partial charge in [-0.15, -0.1) is 0 Å². The van der Waals surface area contributed by atoms with Crippen LogP contribution in [0.3, 0.4) is 0 Å². The molecule has 2 aromatic carbocycles. The van der Waals surface area contributed by atoms with Crippen molar-refractivity contribution in [3.63, 3.8) is 0 Å². The van der Waals surface area contributed by atoms with Gasteiger partial charge >= 0.3 is 0 Å². The molecule has 0 bridgehead atoms. The molecule has 3 rings (SSSR count). The summed E-state index contributed by atoms with van der Waals surface area (Å²) in [4.78, 5) is 2.20. The van der Waals surface area contributed by atoms with Crippen molar-refractivity contribution in [1.29, 1.82) is 0 Å². The molecule has 0 amide bonds. The molecule has 1 N–H and O–H groups in total. The van der Waals surface area contributed by atoms with Crippen molar-refractivity contribution in [3.8, 4) is 0 Å². The first-order valence-corrected chi connectivity index (χ1v) is 9.12. The van der Waals surface area contributed by atoms with Gasteiger partial charge in [0.15, 0.2) is 0 Å². The zero-order valence-electron chi connectivity index (χ0n) is 14.9. The van der Waals surface area contributed by atoms with E-state index < -0.39 is 5.60 Å². The Hall–Kier alpha value is -1.64. The van der Waals surface area contributed by atoms with Crippen LogP contribution in [0.2, 0.25) is 0 Å². The lowest BCUT2D eigenvalue weighted by Crippen LogP contribution is -2.34. The van der Waals surface area contributed by atoms with Crippen LogP contribution in [-0.4, -0.2) is 30.6 Å². The summed E-state index contributed by atoms with van der Waals surface area (Å²) in [5.41, 5.74) is 2.96. The largest absolute Gasteiger partial charge is 0.385 e. The quantitative estimate of drug-likeness (QED) is 0.828. The molecule has 0 saturated carbocycles. The van der Waals surface area contributed by atoms with Crippen molar-refractivity contribution in [1.82, 2.24) is 4.90 Å². The van der Waals surface area contributed by atoms with Crippen molar-refractivity contribution in [2.45, 2.75) is 43.6 Å². The minimum Gasteiger partial charge on any atom is -0.385 e. The van der Waals surface area contributed by atoms with Crippen LogP contribution in [0.4, 0.5) is 0 Å². The Bertz CT molecular complexity index is 652. The van der Waals surface area contributed by atoms with E-state index in [1.54, 1.807) is 0 Å². The number of aryl methyl sites for hydroxylation is 1. The highest BCUT2D eigenvalue weighted by Gasteiger charge is 2.41. The molecule has 0 spiro atoms. The summed E-state index contributed by atoms with van der Waals surface area (Å²) >= 11 is 0. The number of nitrogens with zero attached hydrogens (tertiary/aromatic N) is 1. The van der Waals surface area contributed by atoms with Crippen molar-refractivity contribution >= 4 is 0 Å². The molecule has 0 radical (unpaired) electrons. The normalized spacial score (nSPS) is 23.8. The molecule has 0 fully saturated rings. The van der Waals surface area contributed by atoms with Gasteiger partial charge in [0, 0.05) is 5.92 Å². The SMILES string of the molecule is CN(C)CCC[C@]1(O)c2ccccc2CCC[C@H]1c1ccccc1. The third-order valence-corrected chi connectivity index (χ3v) is 5.36. The van der Waals surface area contributed by atoms with Gasteiger partial charge in [0.25, 0.3) is 0 Å². The lowest BCUT2D eigenvalue weighted by Gasteiger charge is -2.37. The Morgan fingerprint density at radius 2 is 1.75 bits per heavy atom. The molecule has 0 aliphatic heterocycles. The minimum absolute atomic E-state index is 0.171. The number of fused-ring (bicyclic) bond motifs is 1. The Morgan fingerprint density at radius 1 is 1.04 bits per heavy atom. The molecular formula is C22H29NO. The van der Waals surface area contributed by atoms with Crippen LogP contribution in [-0.2, 0) is 12.0 Å². The fourth-order valence-electron chi connectivity index (χ4n) is 4.19. The molecule has 0 unspecified atom stereocenters. The van der Waals surface area contributed by atoms with Crippen LogP contribution in [0.25, 0.3) is 0 Å². The summed E-state index contributed by atoms with van der Waals surface area (Å²) in [6, 6.07) is 19.1. The summed E-state index contributed by atoms with van der Waals surface area (Å²) in [6.45, 7) is 1.01. The van der Waals surface area contributed by atoms with E-state index in [-0.39, 0.29) is 5.92 Å². The molecule has 0 heterocycles. The highest BCUT2D eigenvalue weighted by molar-refractivity contribution is 5.38. The molecule has 0 saturated heterocycles. The van der Waals surface area contributed by atoms with E-state index in [0.29, 0.717) is 0 Å². The minimum atomic E-state index is -0.773. The van der Waals surface area contributed by atoms with Crippen molar-refractivity contribution in [2.75, 3.05) is 20.6 Å². The zero-order chi connectivity index (χ0) is 17.0. The van der Waals surface area contributed by atoms with E-state index in [1.807, 2.05) is 0 Å². The number of rotatable bonds is 5. The Labute approximate surface area is 146 Å². The maximum Gasteiger partial charge on any atom is 0.0967 e. The van der Waals surface area contributed by atoms with Gasteiger partial charge in [-0.3, -0.25) is 0 Å². The summed E-state index contributed by atoms with van der Waals surface area (Å²) in [7, 11) is 4.19. The molecular weight excluding hydrogens is 294 g/mol. The second-order valence-corrected chi connectivity index (χ2v) is 7.34. The Morgan fingerprint density at radius 3 is 2.50 bits per heavy atom. The van der Waals surface area contributed by atoms with Gasteiger partial charge in [-0.25, -0.2) is 0 Å². The fourth-order valence-corrected chi connectivity index (χ4v) is 4.19. The predicted molar refractivity (Wildman–Crippen MR) is 100 cm³/mol. The van der Waals surface area contributed by atoms with Crippen LogP contribution in [0.15, 0.2) is 54.6 Å². The topological polar surface area (TPSA) is 23.5 Å². The van der Waals surface area contributed by atoms with E-state index in [0.717, 1.165) is 44.2 Å². The van der Waals surface area contributed by atoms with Crippen LogP contribution in [0, 0.1) is 0 Å². The van der Waals surface area contributed by atoms with Crippen LogP contribution in [0.1, 0.15) is 48.3 Å². The lowest BCUT2D eigenvalue weighted by molar-refractivity contribution is -0.00604. The monoisotopic (exact) mass is 323 g/mol. The first-order chi connectivity index (χ1) is 11.6. The van der Waals surface area contributed by atoms with Crippen molar-refractivity contribution < 1.29 is 5.11 Å². The van der Waals surface area contributed by atoms with Crippen LogP contribution < -0.4 is 0 Å². The smallest absolute Gasteiger partial charge is 0.0967 e. The molecule has 24 heavy (non-hydrogen) atoms. The van der Waals surface area contributed by atoms with Gasteiger partial charge in [0.2, 0.25) is 0 Å². The molecule has 2 heteroatoms. The zero-order valence-corrected chi connectivity index (χ0v) is 14.9. The average Bonchev–Trinajstić information content (AvgIpc) is 2.73. The van der Waals surface area contributed by atoms with E-state index in [1.165, 1.54) is 11.1 Å². The van der Waals surface area contributed by atoms with E-state index in [9.17, 15) is 5.11 Å². The van der Waals surface area contributed by atoms with Crippen molar-refractivity contribution in [2.24, 2.45) is 0 Å². The van der Waals surface area contributed by atoms with Gasteiger partial charge in [-0.05, 0) is 69.4 Å². The molecule has 1 aliphatic carbocycles. The molecule has 2 aromatic rings. The van der Waals surface area contributed by atoms with E-state index >= 15 is 0 Å². The standard InChI is InChI=1S/C22H29NO/c1-23(2)17-9-16-22(24)20-14-7-6-12-19(20)13-8-15-21(22)18-10-4-3-5-11-18/h3-7,10-12,14,21,24H,8-9,13,15-17H2,1-2H3/t21-,22-/m0/s1. The number of benzene rings is 2. The second-order valence-electron chi connectivity index (χ2n) is 7.34. The maximum absolute atomic E-state index is 11.9. The van der Waals surface area contributed by atoms with Crippen LogP contribution in [0.5, 0.6) is 0 Å². The van der Waals surface area contributed by atoms with Gasteiger partial charge in [-0.2, -0.15) is 0 Å². The number of hydrogen-bond donors (Lipinski definition) is 1. The molecule has 0 aromatic heterocycles. The Balaban J connectivity index is 2.00. The molecule has 128 valence electrons. The first-order valence-electron chi connectivity index (χ1n) is 9.12. The summed E-state index contributed by atoms with van der Waals surface area (Å²) in [5.74, 6) is 0.171. The van der Waals surface area contributed by atoms with E-state index in [2.05, 4.69) is 73.6 Å². The number of hydrogen-bond acceptors (Lipinski definition) is 2. The highest BCUT2D eigenvalue weighted by Crippen LogP contribution is 2.47. The average molecular weight is 323 g/mol. The van der Waals surface area contributed by atoms with Gasteiger partial charge in [-0.1, -0.05) is 54.6 Å². The fraction of sp³-hybridized carbons (Fsp3) is 0.455. The summed E-state index contributed by atoms with van der Waals surface area (Å²) in [6.07, 6.45) is 5.04. The first kappa shape index (κ1) is 17.2. The third-order valence-electron chi connectivity index (χ3n) is 5.36. The van der Waals surface area contributed by atoms with Crippen LogP contribution >= 0.6 is 0 Å². The molecule has 2 nitrogen and oxygen atoms in total. The summed E-state index contributed by atoms with van der Waals surface area (Å²) in [5, 5.41) is 11.9. The Kier molecular flexibility index (Phi) is 5.37. The maximum atomic E-state index is 11.9. The van der Waals surface area contributed by atoms with Gasteiger partial charge in [0.05, 0.1) is 5.60 Å². The molecule has 1 aliphatic rings. The molecule has 2 atom stereocenters. The van der Waals surface area contributed by atoms with Gasteiger partial charge in [0.1, 0.15) is 0 Å². The van der Waals surface area contributed by atoms with Gasteiger partial charge < -0.3 is 10.0 Å². The third kappa shape index (κ3) is 3.55. The summed E-state index contributed by atoms with van der Waals surface area (Å²) < 4.78 is 0. The lowest BCUT2D eigenvalue weighted by atomic mass is 9.73. The second kappa shape index (κ2) is 7.50. The highest BCUT2D eigenvalue weighted by atomic mass is 16.3.